The second-order valence-corrected chi connectivity index (χ2v) is 6.77. The largest absolute Gasteiger partial charge is 0.377 e. The van der Waals surface area contributed by atoms with Gasteiger partial charge in [0, 0.05) is 27.3 Å². The molecule has 1 saturated heterocycles. The Hall–Kier alpha value is -0.670. The predicted octanol–water partition coefficient (Wildman–Crippen LogP) is 0.491. The summed E-state index contributed by atoms with van der Waals surface area (Å²) in [6.07, 6.45) is -0.553. The summed E-state index contributed by atoms with van der Waals surface area (Å²) in [7, 11) is -0.576. The minimum atomic E-state index is -3.66. The SMILES string of the molecule is COC1CN(S(=O)(=O)c2c(CCl)n[nH]c2C)CC1OC. The van der Waals surface area contributed by atoms with Crippen LogP contribution in [-0.4, -0.2) is 62.4 Å². The van der Waals surface area contributed by atoms with Gasteiger partial charge in [0.2, 0.25) is 10.0 Å². The molecule has 2 unspecified atom stereocenters. The lowest BCUT2D eigenvalue weighted by Gasteiger charge is -2.16. The van der Waals surface area contributed by atoms with Crippen molar-refractivity contribution in [3.05, 3.63) is 11.4 Å². The van der Waals surface area contributed by atoms with Crippen LogP contribution < -0.4 is 0 Å². The molecule has 1 aromatic rings. The minimum Gasteiger partial charge on any atom is -0.377 e. The second kappa shape index (κ2) is 5.98. The van der Waals surface area contributed by atoms with Gasteiger partial charge in [-0.2, -0.15) is 9.40 Å². The quantitative estimate of drug-likeness (QED) is 0.797. The third-order valence-electron chi connectivity index (χ3n) is 3.47. The molecule has 9 heteroatoms. The lowest BCUT2D eigenvalue weighted by atomic mass is 10.3. The van der Waals surface area contributed by atoms with E-state index in [1.54, 1.807) is 21.1 Å². The van der Waals surface area contributed by atoms with E-state index >= 15 is 0 Å². The van der Waals surface area contributed by atoms with Gasteiger partial charge in [0.15, 0.2) is 0 Å². The van der Waals surface area contributed by atoms with Crippen molar-refractivity contribution in [1.82, 2.24) is 14.5 Å². The fraction of sp³-hybridized carbons (Fsp3) is 0.727. The number of halogens is 1. The molecule has 1 N–H and O–H groups in total. The molecule has 2 atom stereocenters. The normalized spacial score (nSPS) is 24.4. The first-order valence-electron chi connectivity index (χ1n) is 6.11. The number of hydrogen-bond acceptors (Lipinski definition) is 5. The molecule has 0 saturated carbocycles. The van der Waals surface area contributed by atoms with Crippen LogP contribution in [0.5, 0.6) is 0 Å². The molecule has 1 fully saturated rings. The molecule has 1 aliphatic heterocycles. The van der Waals surface area contributed by atoms with Gasteiger partial charge in [0.05, 0.1) is 29.5 Å². The van der Waals surface area contributed by atoms with Crippen LogP contribution in [0.3, 0.4) is 0 Å². The molecule has 0 bridgehead atoms. The van der Waals surface area contributed by atoms with Gasteiger partial charge in [0.1, 0.15) is 4.90 Å². The summed E-state index contributed by atoms with van der Waals surface area (Å²) in [4.78, 5) is 0.152. The Morgan fingerprint density at radius 3 is 2.35 bits per heavy atom. The molecule has 0 aliphatic carbocycles. The van der Waals surface area contributed by atoms with Gasteiger partial charge in [-0.15, -0.1) is 11.6 Å². The number of H-pyrrole nitrogens is 1. The zero-order chi connectivity index (χ0) is 14.9. The van der Waals surface area contributed by atoms with Gasteiger partial charge in [-0.05, 0) is 6.92 Å². The molecule has 1 aliphatic rings. The fourth-order valence-electron chi connectivity index (χ4n) is 2.39. The lowest BCUT2D eigenvalue weighted by molar-refractivity contribution is -0.00461. The van der Waals surface area contributed by atoms with Crippen LogP contribution in [-0.2, 0) is 25.4 Å². The summed E-state index contributed by atoms with van der Waals surface area (Å²) in [5, 5.41) is 6.59. The first kappa shape index (κ1) is 15.7. The van der Waals surface area contributed by atoms with Crippen molar-refractivity contribution in [2.24, 2.45) is 0 Å². The van der Waals surface area contributed by atoms with Gasteiger partial charge in [-0.25, -0.2) is 8.42 Å². The molecule has 7 nitrogen and oxygen atoms in total. The Labute approximate surface area is 123 Å². The Balaban J connectivity index is 2.34. The topological polar surface area (TPSA) is 84.5 Å². The molecule has 2 heterocycles. The summed E-state index contributed by atoms with van der Waals surface area (Å²) >= 11 is 5.76. The highest BCUT2D eigenvalue weighted by molar-refractivity contribution is 7.89. The number of aromatic amines is 1. The van der Waals surface area contributed by atoms with E-state index in [4.69, 9.17) is 21.1 Å². The second-order valence-electron chi connectivity index (χ2n) is 4.63. The highest BCUT2D eigenvalue weighted by Crippen LogP contribution is 2.27. The first-order chi connectivity index (χ1) is 9.45. The average Bonchev–Trinajstić information content (AvgIpc) is 3.01. The van der Waals surface area contributed by atoms with Crippen LogP contribution in [0.1, 0.15) is 11.4 Å². The van der Waals surface area contributed by atoms with Crippen LogP contribution in [0.25, 0.3) is 0 Å². The summed E-state index contributed by atoms with van der Waals surface area (Å²) in [6.45, 7) is 2.17. The predicted molar refractivity (Wildman–Crippen MR) is 73.2 cm³/mol. The van der Waals surface area contributed by atoms with Gasteiger partial charge in [-0.1, -0.05) is 0 Å². The molecule has 0 radical (unpaired) electrons. The highest BCUT2D eigenvalue weighted by atomic mass is 35.5. The van der Waals surface area contributed by atoms with Crippen LogP contribution in [0.2, 0.25) is 0 Å². The van der Waals surface area contributed by atoms with Gasteiger partial charge in [-0.3, -0.25) is 5.10 Å². The van der Waals surface area contributed by atoms with Gasteiger partial charge < -0.3 is 9.47 Å². The molecule has 0 aromatic carbocycles. The van der Waals surface area contributed by atoms with Crippen molar-refractivity contribution < 1.29 is 17.9 Å². The van der Waals surface area contributed by atoms with Gasteiger partial charge >= 0.3 is 0 Å². The summed E-state index contributed by atoms with van der Waals surface area (Å²) in [6, 6.07) is 0. The fourth-order valence-corrected chi connectivity index (χ4v) is 4.46. The number of aryl methyl sites for hydroxylation is 1. The molecule has 0 spiro atoms. The minimum absolute atomic E-state index is 0.0359. The van der Waals surface area contributed by atoms with Gasteiger partial charge in [0.25, 0.3) is 0 Å². The number of nitrogens with one attached hydrogen (secondary N) is 1. The van der Waals surface area contributed by atoms with E-state index < -0.39 is 10.0 Å². The number of aromatic nitrogens is 2. The molecule has 2 rings (SSSR count). The third kappa shape index (κ3) is 2.58. The molecular formula is C11H18ClN3O4S. The monoisotopic (exact) mass is 323 g/mol. The zero-order valence-corrected chi connectivity index (χ0v) is 13.2. The summed E-state index contributed by atoms with van der Waals surface area (Å²) in [5.41, 5.74) is 0.814. The maximum atomic E-state index is 12.7. The highest BCUT2D eigenvalue weighted by Gasteiger charge is 2.41. The molecule has 114 valence electrons. The maximum Gasteiger partial charge on any atom is 0.246 e. The van der Waals surface area contributed by atoms with E-state index in [2.05, 4.69) is 10.2 Å². The number of nitrogens with zero attached hydrogens (tertiary/aromatic N) is 2. The number of rotatable bonds is 5. The van der Waals surface area contributed by atoms with Crippen molar-refractivity contribution in [2.75, 3.05) is 27.3 Å². The Morgan fingerprint density at radius 2 is 1.90 bits per heavy atom. The van der Waals surface area contributed by atoms with Crippen molar-refractivity contribution in [2.45, 2.75) is 29.9 Å². The number of alkyl halides is 1. The summed E-state index contributed by atoms with van der Waals surface area (Å²) < 4.78 is 37.3. The van der Waals surface area contributed by atoms with E-state index in [-0.39, 0.29) is 36.1 Å². The van der Waals surface area contributed by atoms with Crippen molar-refractivity contribution in [1.29, 1.82) is 0 Å². The van der Waals surface area contributed by atoms with Crippen LogP contribution in [0, 0.1) is 6.92 Å². The van der Waals surface area contributed by atoms with Crippen LogP contribution >= 0.6 is 11.6 Å². The molecule has 1 aromatic heterocycles. The van der Waals surface area contributed by atoms with Crippen molar-refractivity contribution >= 4 is 21.6 Å². The van der Waals surface area contributed by atoms with Crippen LogP contribution in [0.15, 0.2) is 4.90 Å². The van der Waals surface area contributed by atoms with Crippen molar-refractivity contribution in [3.63, 3.8) is 0 Å². The Morgan fingerprint density at radius 1 is 1.35 bits per heavy atom. The lowest BCUT2D eigenvalue weighted by Crippen LogP contribution is -2.31. The first-order valence-corrected chi connectivity index (χ1v) is 8.08. The smallest absolute Gasteiger partial charge is 0.246 e. The van der Waals surface area contributed by atoms with Crippen molar-refractivity contribution in [3.8, 4) is 0 Å². The van der Waals surface area contributed by atoms with E-state index in [9.17, 15) is 8.42 Å². The zero-order valence-electron chi connectivity index (χ0n) is 11.6. The molecule has 20 heavy (non-hydrogen) atoms. The number of ether oxygens (including phenoxy) is 2. The number of sulfonamides is 1. The maximum absolute atomic E-state index is 12.7. The van der Waals surface area contributed by atoms with E-state index in [1.165, 1.54) is 4.31 Å². The third-order valence-corrected chi connectivity index (χ3v) is 5.76. The number of hydrogen-bond donors (Lipinski definition) is 1. The van der Waals surface area contributed by atoms with E-state index in [0.29, 0.717) is 11.4 Å². The van der Waals surface area contributed by atoms with Crippen LogP contribution in [0.4, 0.5) is 0 Å². The average molecular weight is 324 g/mol. The molecule has 0 amide bonds. The number of methoxy groups -OCH3 is 2. The Bertz CT molecular complexity index is 562. The van der Waals surface area contributed by atoms with E-state index in [1.807, 2.05) is 0 Å². The molecular weight excluding hydrogens is 306 g/mol. The standard InChI is InChI=1S/C11H18ClN3O4S/c1-7-11(8(4-12)14-13-7)20(16,17)15-5-9(18-2)10(6-15)19-3/h9-10H,4-6H2,1-3H3,(H,13,14). The Kier molecular flexibility index (Phi) is 4.70. The summed E-state index contributed by atoms with van der Waals surface area (Å²) in [5.74, 6) is 0.0359. The van der Waals surface area contributed by atoms with E-state index in [0.717, 1.165) is 0 Å².